The average molecular weight is 277 g/mol. The number of rotatable bonds is 6. The molecule has 0 bridgehead atoms. The normalized spacial score (nSPS) is 11.2. The first-order chi connectivity index (χ1) is 7.94. The zero-order valence-electron chi connectivity index (χ0n) is 9.98. The predicted octanol–water partition coefficient (Wildman–Crippen LogP) is 2.12. The smallest absolute Gasteiger partial charge is 0.232 e. The zero-order valence-corrected chi connectivity index (χ0v) is 11.6. The van der Waals surface area contributed by atoms with E-state index in [9.17, 15) is 8.42 Å². The zero-order chi connectivity index (χ0) is 12.9. The van der Waals surface area contributed by atoms with Crippen molar-refractivity contribution in [3.8, 4) is 0 Å². The molecular formula is C11H17ClN2O2S. The number of hydrogen-bond acceptors (Lipinski definition) is 3. The van der Waals surface area contributed by atoms with Crippen molar-refractivity contribution in [2.24, 2.45) is 0 Å². The predicted molar refractivity (Wildman–Crippen MR) is 73.5 cm³/mol. The van der Waals surface area contributed by atoms with E-state index in [2.05, 4.69) is 4.72 Å². The van der Waals surface area contributed by atoms with E-state index in [0.717, 1.165) is 5.69 Å². The maximum atomic E-state index is 11.6. The van der Waals surface area contributed by atoms with Crippen molar-refractivity contribution in [2.75, 3.05) is 35.4 Å². The molecule has 0 saturated carbocycles. The largest absolute Gasteiger partial charge is 0.378 e. The summed E-state index contributed by atoms with van der Waals surface area (Å²) in [5.74, 6) is 0.395. The summed E-state index contributed by atoms with van der Waals surface area (Å²) in [5.41, 5.74) is 1.60. The van der Waals surface area contributed by atoms with Crippen LogP contribution in [-0.4, -0.2) is 34.1 Å². The maximum absolute atomic E-state index is 11.6. The van der Waals surface area contributed by atoms with E-state index in [4.69, 9.17) is 11.6 Å². The second kappa shape index (κ2) is 6.12. The third-order valence-corrected chi connectivity index (χ3v) is 3.84. The Labute approximate surface area is 108 Å². The third kappa shape index (κ3) is 4.83. The second-order valence-electron chi connectivity index (χ2n) is 3.90. The van der Waals surface area contributed by atoms with Crippen LogP contribution in [0.15, 0.2) is 24.3 Å². The molecule has 0 amide bonds. The summed E-state index contributed by atoms with van der Waals surface area (Å²) in [4.78, 5) is 1.95. The van der Waals surface area contributed by atoms with E-state index < -0.39 is 10.0 Å². The van der Waals surface area contributed by atoms with Crippen LogP contribution in [-0.2, 0) is 10.0 Å². The Hall–Kier alpha value is -0.940. The minimum atomic E-state index is -3.28. The first kappa shape index (κ1) is 14.1. The van der Waals surface area contributed by atoms with Crippen LogP contribution in [0.25, 0.3) is 0 Å². The van der Waals surface area contributed by atoms with Crippen molar-refractivity contribution in [3.63, 3.8) is 0 Å². The van der Waals surface area contributed by atoms with Gasteiger partial charge in [0.2, 0.25) is 10.0 Å². The Morgan fingerprint density at radius 1 is 1.24 bits per heavy atom. The SMILES string of the molecule is CN(C)c1ccc(NS(=O)(=O)CCCCl)cc1. The van der Waals surface area contributed by atoms with Crippen LogP contribution < -0.4 is 9.62 Å². The molecule has 1 aromatic rings. The molecule has 1 aromatic carbocycles. The molecular weight excluding hydrogens is 260 g/mol. The van der Waals surface area contributed by atoms with Crippen molar-refractivity contribution in [3.05, 3.63) is 24.3 Å². The molecule has 0 heterocycles. The standard InChI is InChI=1S/C11H17ClN2O2S/c1-14(2)11-6-4-10(5-7-11)13-17(15,16)9-3-8-12/h4-7,13H,3,8-9H2,1-2H3. The lowest BCUT2D eigenvalue weighted by atomic mass is 10.3. The summed E-state index contributed by atoms with van der Waals surface area (Å²) in [6, 6.07) is 7.21. The molecule has 0 spiro atoms. The minimum absolute atomic E-state index is 0.0476. The lowest BCUT2D eigenvalue weighted by Gasteiger charge is -2.13. The first-order valence-corrected chi connectivity index (χ1v) is 7.47. The Morgan fingerprint density at radius 3 is 2.29 bits per heavy atom. The Balaban J connectivity index is 2.69. The second-order valence-corrected chi connectivity index (χ2v) is 6.12. The molecule has 0 aliphatic heterocycles. The number of benzene rings is 1. The number of alkyl halides is 1. The molecule has 4 nitrogen and oxygen atoms in total. The summed E-state index contributed by atoms with van der Waals surface area (Å²) in [5, 5.41) is 0. The van der Waals surface area contributed by atoms with Gasteiger partial charge in [-0.25, -0.2) is 8.42 Å². The molecule has 0 aliphatic rings. The van der Waals surface area contributed by atoms with E-state index in [0.29, 0.717) is 18.0 Å². The molecule has 0 aromatic heterocycles. The van der Waals surface area contributed by atoms with Gasteiger partial charge in [-0.1, -0.05) is 0 Å². The van der Waals surface area contributed by atoms with Gasteiger partial charge in [0.05, 0.1) is 5.75 Å². The third-order valence-electron chi connectivity index (χ3n) is 2.20. The van der Waals surface area contributed by atoms with Gasteiger partial charge in [-0.3, -0.25) is 4.72 Å². The topological polar surface area (TPSA) is 49.4 Å². The maximum Gasteiger partial charge on any atom is 0.232 e. The summed E-state index contributed by atoms with van der Waals surface area (Å²) < 4.78 is 25.7. The van der Waals surface area contributed by atoms with Gasteiger partial charge in [-0.2, -0.15) is 0 Å². The van der Waals surface area contributed by atoms with E-state index in [-0.39, 0.29) is 5.75 Å². The van der Waals surface area contributed by atoms with Crippen molar-refractivity contribution in [1.82, 2.24) is 0 Å². The highest BCUT2D eigenvalue weighted by molar-refractivity contribution is 7.92. The lowest BCUT2D eigenvalue weighted by Crippen LogP contribution is -2.17. The van der Waals surface area contributed by atoms with Gasteiger partial charge in [0.15, 0.2) is 0 Å². The van der Waals surface area contributed by atoms with Crippen LogP contribution in [0.4, 0.5) is 11.4 Å². The molecule has 0 fully saturated rings. The van der Waals surface area contributed by atoms with Crippen LogP contribution in [0.1, 0.15) is 6.42 Å². The van der Waals surface area contributed by atoms with Crippen LogP contribution in [0.5, 0.6) is 0 Å². The van der Waals surface area contributed by atoms with Gasteiger partial charge in [-0.15, -0.1) is 11.6 Å². The van der Waals surface area contributed by atoms with Crippen molar-refractivity contribution in [2.45, 2.75) is 6.42 Å². The number of sulfonamides is 1. The van der Waals surface area contributed by atoms with Crippen LogP contribution in [0.2, 0.25) is 0 Å². The van der Waals surface area contributed by atoms with Crippen molar-refractivity contribution >= 4 is 33.0 Å². The van der Waals surface area contributed by atoms with Gasteiger partial charge < -0.3 is 4.90 Å². The fourth-order valence-electron chi connectivity index (χ4n) is 1.30. The fraction of sp³-hybridized carbons (Fsp3) is 0.455. The summed E-state index contributed by atoms with van der Waals surface area (Å²) in [6.07, 6.45) is 0.451. The molecule has 17 heavy (non-hydrogen) atoms. The number of halogens is 1. The quantitative estimate of drug-likeness (QED) is 0.810. The summed E-state index contributed by atoms with van der Waals surface area (Å²) in [7, 11) is 0.582. The molecule has 0 unspecified atom stereocenters. The molecule has 0 aliphatic carbocycles. The molecule has 1 rings (SSSR count). The molecule has 0 atom stereocenters. The summed E-state index contributed by atoms with van der Waals surface area (Å²) in [6.45, 7) is 0. The van der Waals surface area contributed by atoms with Crippen LogP contribution in [0, 0.1) is 0 Å². The Bertz CT molecular complexity index is 443. The van der Waals surface area contributed by atoms with Gasteiger partial charge >= 0.3 is 0 Å². The minimum Gasteiger partial charge on any atom is -0.378 e. The molecule has 1 N–H and O–H groups in total. The van der Waals surface area contributed by atoms with E-state index in [1.165, 1.54) is 0 Å². The fourth-order valence-corrected chi connectivity index (χ4v) is 2.72. The van der Waals surface area contributed by atoms with Gasteiger partial charge in [-0.05, 0) is 30.7 Å². The molecule has 0 saturated heterocycles. The first-order valence-electron chi connectivity index (χ1n) is 5.28. The van der Waals surface area contributed by atoms with E-state index in [1.807, 2.05) is 31.1 Å². The Morgan fingerprint density at radius 2 is 1.82 bits per heavy atom. The van der Waals surface area contributed by atoms with E-state index >= 15 is 0 Å². The lowest BCUT2D eigenvalue weighted by molar-refractivity contribution is 0.600. The van der Waals surface area contributed by atoms with Gasteiger partial charge in [0.25, 0.3) is 0 Å². The summed E-state index contributed by atoms with van der Waals surface area (Å²) >= 11 is 5.47. The van der Waals surface area contributed by atoms with Crippen molar-refractivity contribution < 1.29 is 8.42 Å². The molecule has 6 heteroatoms. The highest BCUT2D eigenvalue weighted by atomic mass is 35.5. The monoisotopic (exact) mass is 276 g/mol. The van der Waals surface area contributed by atoms with Crippen LogP contribution >= 0.6 is 11.6 Å². The van der Waals surface area contributed by atoms with Gasteiger partial charge in [0, 0.05) is 31.4 Å². The average Bonchev–Trinajstić information content (AvgIpc) is 2.26. The van der Waals surface area contributed by atoms with Gasteiger partial charge in [0.1, 0.15) is 0 Å². The number of anilines is 2. The molecule has 0 radical (unpaired) electrons. The van der Waals surface area contributed by atoms with E-state index in [1.54, 1.807) is 12.1 Å². The Kier molecular flexibility index (Phi) is 5.08. The van der Waals surface area contributed by atoms with Crippen molar-refractivity contribution in [1.29, 1.82) is 0 Å². The van der Waals surface area contributed by atoms with Crippen LogP contribution in [0.3, 0.4) is 0 Å². The number of nitrogens with zero attached hydrogens (tertiary/aromatic N) is 1. The number of hydrogen-bond donors (Lipinski definition) is 1. The number of nitrogens with one attached hydrogen (secondary N) is 1. The molecule has 96 valence electrons. The highest BCUT2D eigenvalue weighted by Gasteiger charge is 2.09. The highest BCUT2D eigenvalue weighted by Crippen LogP contribution is 2.16.